The average molecular weight is 220 g/mol. The van der Waals surface area contributed by atoms with Gasteiger partial charge in [0.1, 0.15) is 5.75 Å². The molecule has 0 spiro atoms. The van der Waals surface area contributed by atoms with Crippen LogP contribution < -0.4 is 15.2 Å². The molecule has 84 valence electrons. The summed E-state index contributed by atoms with van der Waals surface area (Å²) in [7, 11) is 1.66. The highest BCUT2D eigenvalue weighted by atomic mass is 16.5. The summed E-state index contributed by atoms with van der Waals surface area (Å²) in [4.78, 5) is 0. The van der Waals surface area contributed by atoms with Crippen LogP contribution in [0.2, 0.25) is 0 Å². The second-order valence-electron chi connectivity index (χ2n) is 3.47. The number of benzene rings is 1. The lowest BCUT2D eigenvalue weighted by Gasteiger charge is -2.00. The fourth-order valence-corrected chi connectivity index (χ4v) is 1.43. The highest BCUT2D eigenvalue weighted by Crippen LogP contribution is 2.11. The molecule has 0 radical (unpaired) electrons. The highest BCUT2D eigenvalue weighted by molar-refractivity contribution is 5.26. The topological polar surface area (TPSA) is 65.2 Å². The molecule has 0 aliphatic heterocycles. The van der Waals surface area contributed by atoms with Crippen LogP contribution in [0.15, 0.2) is 35.0 Å². The Labute approximate surface area is 93.4 Å². The molecule has 16 heavy (non-hydrogen) atoms. The Hall–Kier alpha value is -2.04. The minimum atomic E-state index is 0.328. The fourth-order valence-electron chi connectivity index (χ4n) is 1.43. The number of nitrogens with zero attached hydrogens (tertiary/aromatic N) is 2. The van der Waals surface area contributed by atoms with E-state index < -0.39 is 0 Å². The van der Waals surface area contributed by atoms with Crippen LogP contribution in [-0.4, -0.2) is 12.4 Å². The third-order valence-corrected chi connectivity index (χ3v) is 2.32. The fraction of sp³-hybridized carbons (Fsp3) is 0.273. The lowest BCUT2D eigenvalue weighted by atomic mass is 10.1. The molecule has 0 saturated carbocycles. The van der Waals surface area contributed by atoms with Gasteiger partial charge in [0.15, 0.2) is 6.54 Å². The number of hydrogen-bond donors (Lipinski definition) is 1. The van der Waals surface area contributed by atoms with Crippen molar-refractivity contribution in [2.24, 2.45) is 0 Å². The van der Waals surface area contributed by atoms with E-state index in [1.54, 1.807) is 18.0 Å². The second kappa shape index (κ2) is 4.65. The van der Waals surface area contributed by atoms with Gasteiger partial charge in [-0.15, -0.1) is 0 Å². The van der Waals surface area contributed by atoms with Gasteiger partial charge in [-0.25, -0.2) is 0 Å². The van der Waals surface area contributed by atoms with E-state index in [-0.39, 0.29) is 0 Å². The predicted molar refractivity (Wildman–Crippen MR) is 57.8 cm³/mol. The summed E-state index contributed by atoms with van der Waals surface area (Å²) in [6.07, 6.45) is 2.55. The Kier molecular flexibility index (Phi) is 3.05. The Balaban J connectivity index is 1.94. The number of ether oxygens (including phenoxy) is 1. The third kappa shape index (κ3) is 2.50. The summed E-state index contributed by atoms with van der Waals surface area (Å²) in [6.45, 7) is 0.743. The summed E-state index contributed by atoms with van der Waals surface area (Å²) >= 11 is 0. The molecular weight excluding hydrogens is 206 g/mol. The van der Waals surface area contributed by atoms with E-state index in [0.29, 0.717) is 5.88 Å². The first-order valence-electron chi connectivity index (χ1n) is 5.03. The third-order valence-electron chi connectivity index (χ3n) is 2.32. The van der Waals surface area contributed by atoms with Crippen molar-refractivity contribution in [2.75, 3.05) is 12.8 Å². The van der Waals surface area contributed by atoms with Gasteiger partial charge in [-0.1, -0.05) is 16.8 Å². The molecule has 1 aromatic heterocycles. The van der Waals surface area contributed by atoms with Gasteiger partial charge >= 0.3 is 0 Å². The number of methoxy groups -OCH3 is 1. The lowest BCUT2D eigenvalue weighted by Crippen LogP contribution is -2.35. The average Bonchev–Trinajstić information content (AvgIpc) is 2.73. The molecular formula is C11H14N3O2+. The molecule has 0 aliphatic carbocycles. The maximum atomic E-state index is 5.42. The van der Waals surface area contributed by atoms with Gasteiger partial charge < -0.3 is 10.5 Å². The van der Waals surface area contributed by atoms with E-state index in [4.69, 9.17) is 15.0 Å². The molecule has 5 nitrogen and oxygen atoms in total. The molecule has 0 aliphatic rings. The van der Waals surface area contributed by atoms with Crippen molar-refractivity contribution < 1.29 is 13.9 Å². The first-order valence-corrected chi connectivity index (χ1v) is 5.03. The number of nitrogen functional groups attached to an aromatic ring is 1. The Morgan fingerprint density at radius 2 is 2.12 bits per heavy atom. The molecule has 2 rings (SSSR count). The van der Waals surface area contributed by atoms with E-state index >= 15 is 0 Å². The molecule has 0 bridgehead atoms. The number of hydrogen-bond acceptors (Lipinski definition) is 4. The van der Waals surface area contributed by atoms with E-state index in [1.807, 2.05) is 24.3 Å². The zero-order valence-corrected chi connectivity index (χ0v) is 9.09. The van der Waals surface area contributed by atoms with E-state index in [2.05, 4.69) is 5.27 Å². The van der Waals surface area contributed by atoms with Crippen LogP contribution in [0.25, 0.3) is 0 Å². The maximum Gasteiger partial charge on any atom is 0.293 e. The van der Waals surface area contributed by atoms with Crippen molar-refractivity contribution in [3.05, 3.63) is 36.0 Å². The van der Waals surface area contributed by atoms with Crippen molar-refractivity contribution in [3.63, 3.8) is 0 Å². The van der Waals surface area contributed by atoms with Crippen LogP contribution in [0, 0.1) is 0 Å². The number of anilines is 1. The molecule has 0 atom stereocenters. The van der Waals surface area contributed by atoms with Gasteiger partial charge in [0, 0.05) is 6.42 Å². The number of nitrogens with two attached hydrogens (primary N) is 1. The summed E-state index contributed by atoms with van der Waals surface area (Å²) in [6, 6.07) is 7.94. The molecule has 5 heteroatoms. The summed E-state index contributed by atoms with van der Waals surface area (Å²) in [5.74, 6) is 1.19. The minimum Gasteiger partial charge on any atom is -0.497 e. The first kappa shape index (κ1) is 10.5. The summed E-state index contributed by atoms with van der Waals surface area (Å²) < 4.78 is 11.5. The number of aryl methyl sites for hydroxylation is 2. The van der Waals surface area contributed by atoms with E-state index in [0.717, 1.165) is 18.7 Å². The highest BCUT2D eigenvalue weighted by Gasteiger charge is 2.08. The Bertz CT molecular complexity index is 451. The van der Waals surface area contributed by atoms with Gasteiger partial charge in [-0.2, -0.15) is 0 Å². The van der Waals surface area contributed by atoms with Gasteiger partial charge in [0.25, 0.3) is 12.1 Å². The van der Waals surface area contributed by atoms with Crippen molar-refractivity contribution in [3.8, 4) is 5.75 Å². The number of aromatic nitrogens is 2. The van der Waals surface area contributed by atoms with Gasteiger partial charge in [-0.3, -0.25) is 4.52 Å². The molecule has 2 aromatic rings. The largest absolute Gasteiger partial charge is 0.497 e. The minimum absolute atomic E-state index is 0.328. The van der Waals surface area contributed by atoms with E-state index in [1.165, 1.54) is 5.56 Å². The zero-order chi connectivity index (χ0) is 11.4. The van der Waals surface area contributed by atoms with Gasteiger partial charge in [0.05, 0.1) is 7.11 Å². The standard InChI is InChI=1S/C11H14N3O2/c1-15-10-4-2-9(3-5-10)6-7-14-8-11(12)16-13-14/h2-5,8H,6-7,12H2,1H3/q+1. The van der Waals surface area contributed by atoms with Crippen LogP contribution in [0.1, 0.15) is 5.56 Å². The van der Waals surface area contributed by atoms with Crippen molar-refractivity contribution in [1.82, 2.24) is 5.27 Å². The quantitative estimate of drug-likeness (QED) is 0.774. The first-order chi connectivity index (χ1) is 7.78. The molecule has 0 unspecified atom stereocenters. The Morgan fingerprint density at radius 3 is 2.69 bits per heavy atom. The molecule has 0 fully saturated rings. The monoisotopic (exact) mass is 220 g/mol. The van der Waals surface area contributed by atoms with Crippen LogP contribution in [0.3, 0.4) is 0 Å². The van der Waals surface area contributed by atoms with Gasteiger partial charge in [-0.05, 0) is 17.7 Å². The normalized spacial score (nSPS) is 10.3. The molecule has 2 N–H and O–H groups in total. The summed E-state index contributed by atoms with van der Waals surface area (Å²) in [5, 5.41) is 3.76. The van der Waals surface area contributed by atoms with Crippen molar-refractivity contribution in [2.45, 2.75) is 13.0 Å². The van der Waals surface area contributed by atoms with E-state index in [9.17, 15) is 0 Å². The smallest absolute Gasteiger partial charge is 0.293 e. The van der Waals surface area contributed by atoms with Crippen LogP contribution in [0.5, 0.6) is 5.75 Å². The summed E-state index contributed by atoms with van der Waals surface area (Å²) in [5.41, 5.74) is 6.64. The van der Waals surface area contributed by atoms with Crippen molar-refractivity contribution in [1.29, 1.82) is 0 Å². The number of rotatable bonds is 4. The van der Waals surface area contributed by atoms with Crippen LogP contribution in [0.4, 0.5) is 5.88 Å². The maximum absolute atomic E-state index is 5.42. The SMILES string of the molecule is COc1ccc(CC[n+]2cc(N)on2)cc1. The lowest BCUT2D eigenvalue weighted by molar-refractivity contribution is -0.761. The predicted octanol–water partition coefficient (Wildman–Crippen LogP) is 0.796. The van der Waals surface area contributed by atoms with Gasteiger partial charge in [0.2, 0.25) is 5.27 Å². The van der Waals surface area contributed by atoms with Crippen molar-refractivity contribution >= 4 is 5.88 Å². The molecule has 1 aromatic carbocycles. The van der Waals surface area contributed by atoms with Crippen LogP contribution >= 0.6 is 0 Å². The Morgan fingerprint density at radius 1 is 1.38 bits per heavy atom. The van der Waals surface area contributed by atoms with Crippen LogP contribution in [-0.2, 0) is 13.0 Å². The molecule has 0 saturated heterocycles. The zero-order valence-electron chi connectivity index (χ0n) is 9.09. The second-order valence-corrected chi connectivity index (χ2v) is 3.47. The molecule has 0 amide bonds. The molecule has 1 heterocycles.